The molecule has 0 bridgehead atoms. The topological polar surface area (TPSA) is 122 Å². The normalized spacial score (nSPS) is 16.8. The van der Waals surface area contributed by atoms with E-state index in [-0.39, 0.29) is 11.6 Å². The number of aromatic nitrogens is 3. The molecule has 5 rings (SSSR count). The first-order chi connectivity index (χ1) is 17.9. The van der Waals surface area contributed by atoms with Crippen molar-refractivity contribution < 1.29 is 17.9 Å². The third-order valence-corrected chi connectivity index (χ3v) is 7.60. The van der Waals surface area contributed by atoms with E-state index in [0.717, 1.165) is 54.9 Å². The monoisotopic (exact) mass is 549 g/mol. The molecule has 3 aromatic heterocycles. The van der Waals surface area contributed by atoms with Crippen LogP contribution in [-0.2, 0) is 21.3 Å². The van der Waals surface area contributed by atoms with E-state index < -0.39 is 10.0 Å². The Morgan fingerprint density at radius 2 is 1.89 bits per heavy atom. The summed E-state index contributed by atoms with van der Waals surface area (Å²) < 4.78 is 38.1. The molecule has 37 heavy (non-hydrogen) atoms. The Bertz CT molecular complexity index is 1300. The molecule has 0 aromatic carbocycles. The standard InChI is InChI=1S/C22H29N7O4S2.C2H6/c1-32-21-17(27-35(2,30)31)11-15(12-24-21)18-20-19(26-22(25-18)29-7-9-33-10-8-29)16(14-34-20)13-28-5-3-23-4-6-28;1-2/h11-12,14,23,27H,3-10,13H2,1-2H3;1-2H3. The van der Waals surface area contributed by atoms with Gasteiger partial charge in [-0.25, -0.2) is 23.4 Å². The van der Waals surface area contributed by atoms with Crippen molar-refractivity contribution >= 4 is 43.2 Å². The molecule has 2 aliphatic heterocycles. The third kappa shape index (κ3) is 6.65. The summed E-state index contributed by atoms with van der Waals surface area (Å²) in [5.41, 5.74) is 3.77. The van der Waals surface area contributed by atoms with Gasteiger partial charge in [0.2, 0.25) is 21.9 Å². The molecule has 0 atom stereocenters. The van der Waals surface area contributed by atoms with Gasteiger partial charge >= 0.3 is 0 Å². The van der Waals surface area contributed by atoms with E-state index in [4.69, 9.17) is 19.4 Å². The van der Waals surface area contributed by atoms with Crippen molar-refractivity contribution in [3.05, 3.63) is 23.2 Å². The highest BCUT2D eigenvalue weighted by Crippen LogP contribution is 2.37. The molecule has 202 valence electrons. The highest BCUT2D eigenvalue weighted by Gasteiger charge is 2.22. The fraction of sp³-hybridized carbons (Fsp3) is 0.542. The molecular weight excluding hydrogens is 514 g/mol. The van der Waals surface area contributed by atoms with E-state index in [9.17, 15) is 8.42 Å². The maximum atomic E-state index is 11.9. The van der Waals surface area contributed by atoms with Gasteiger partial charge in [-0.15, -0.1) is 11.3 Å². The van der Waals surface area contributed by atoms with Gasteiger partial charge in [-0.1, -0.05) is 13.8 Å². The molecule has 2 saturated heterocycles. The summed E-state index contributed by atoms with van der Waals surface area (Å²) in [6.45, 7) is 11.4. The zero-order valence-electron chi connectivity index (χ0n) is 21.8. The van der Waals surface area contributed by atoms with E-state index in [2.05, 4.69) is 30.2 Å². The molecule has 5 heterocycles. The van der Waals surface area contributed by atoms with Crippen molar-refractivity contribution in [2.75, 3.05) is 75.5 Å². The van der Waals surface area contributed by atoms with E-state index in [1.165, 1.54) is 12.7 Å². The maximum absolute atomic E-state index is 11.9. The van der Waals surface area contributed by atoms with Crippen LogP contribution in [0.15, 0.2) is 17.6 Å². The summed E-state index contributed by atoms with van der Waals surface area (Å²) in [7, 11) is -2.07. The fourth-order valence-electron chi connectivity index (χ4n) is 4.29. The van der Waals surface area contributed by atoms with Gasteiger partial charge < -0.3 is 19.7 Å². The largest absolute Gasteiger partial charge is 0.480 e. The Kier molecular flexibility index (Phi) is 9.13. The molecular formula is C24H35N7O4S2. The van der Waals surface area contributed by atoms with E-state index in [1.54, 1.807) is 23.6 Å². The lowest BCUT2D eigenvalue weighted by Crippen LogP contribution is -2.42. The number of nitrogens with zero attached hydrogens (tertiary/aromatic N) is 5. The first-order valence-corrected chi connectivity index (χ1v) is 15.2. The lowest BCUT2D eigenvalue weighted by molar-refractivity contribution is 0.122. The molecule has 3 aromatic rings. The van der Waals surface area contributed by atoms with Gasteiger partial charge in [0.1, 0.15) is 5.69 Å². The summed E-state index contributed by atoms with van der Waals surface area (Å²) in [4.78, 5) is 18.8. The Morgan fingerprint density at radius 1 is 1.16 bits per heavy atom. The molecule has 2 N–H and O–H groups in total. The molecule has 0 unspecified atom stereocenters. The Balaban J connectivity index is 0.00000156. The number of thiophene rings is 1. The minimum absolute atomic E-state index is 0.198. The van der Waals surface area contributed by atoms with Crippen LogP contribution in [0, 0.1) is 0 Å². The van der Waals surface area contributed by atoms with Crippen molar-refractivity contribution in [3.63, 3.8) is 0 Å². The summed E-state index contributed by atoms with van der Waals surface area (Å²) in [5, 5.41) is 5.55. The first-order valence-electron chi connectivity index (χ1n) is 12.5. The lowest BCUT2D eigenvalue weighted by atomic mass is 10.1. The van der Waals surface area contributed by atoms with Gasteiger partial charge in [0.15, 0.2) is 0 Å². The van der Waals surface area contributed by atoms with E-state index in [1.807, 2.05) is 13.8 Å². The van der Waals surface area contributed by atoms with Crippen LogP contribution in [-0.4, -0.2) is 94.1 Å². The van der Waals surface area contributed by atoms with Crippen LogP contribution in [0.1, 0.15) is 19.4 Å². The van der Waals surface area contributed by atoms with Crippen molar-refractivity contribution in [2.24, 2.45) is 0 Å². The molecule has 0 radical (unpaired) electrons. The molecule has 0 saturated carbocycles. The number of hydrogen-bond acceptors (Lipinski definition) is 11. The maximum Gasteiger partial charge on any atom is 0.238 e. The van der Waals surface area contributed by atoms with Crippen LogP contribution in [0.3, 0.4) is 0 Å². The van der Waals surface area contributed by atoms with Crippen molar-refractivity contribution in [1.29, 1.82) is 0 Å². The van der Waals surface area contributed by atoms with E-state index >= 15 is 0 Å². The number of piperazine rings is 1. The van der Waals surface area contributed by atoms with Crippen LogP contribution < -0.4 is 19.7 Å². The third-order valence-electron chi connectivity index (χ3n) is 5.99. The predicted molar refractivity (Wildman–Crippen MR) is 148 cm³/mol. The predicted octanol–water partition coefficient (Wildman–Crippen LogP) is 2.40. The van der Waals surface area contributed by atoms with Gasteiger partial charge in [0.05, 0.1) is 42.5 Å². The summed E-state index contributed by atoms with van der Waals surface area (Å²) in [6.07, 6.45) is 2.76. The van der Waals surface area contributed by atoms with E-state index in [0.29, 0.717) is 37.8 Å². The number of methoxy groups -OCH3 is 1. The zero-order valence-corrected chi connectivity index (χ0v) is 23.4. The number of morpholine rings is 1. The van der Waals surface area contributed by atoms with Crippen molar-refractivity contribution in [3.8, 4) is 17.1 Å². The summed E-state index contributed by atoms with van der Waals surface area (Å²) >= 11 is 1.60. The van der Waals surface area contributed by atoms with Gasteiger partial charge in [-0.05, 0) is 11.4 Å². The fourth-order valence-corrected chi connectivity index (χ4v) is 5.85. The second-order valence-corrected chi connectivity index (χ2v) is 11.2. The SMILES string of the molecule is CC.COc1ncc(-c2nc(N3CCOCC3)nc3c(CN4CCNCC4)csc23)cc1NS(C)(=O)=O. The highest BCUT2D eigenvalue weighted by molar-refractivity contribution is 7.92. The Morgan fingerprint density at radius 3 is 2.57 bits per heavy atom. The highest BCUT2D eigenvalue weighted by atomic mass is 32.2. The average Bonchev–Trinajstić information content (AvgIpc) is 3.32. The minimum Gasteiger partial charge on any atom is -0.480 e. The van der Waals surface area contributed by atoms with Gasteiger partial charge in [0, 0.05) is 63.1 Å². The van der Waals surface area contributed by atoms with Crippen LogP contribution in [0.2, 0.25) is 0 Å². The molecule has 13 heteroatoms. The molecule has 0 spiro atoms. The first kappa shape index (κ1) is 27.5. The number of sulfonamides is 1. The van der Waals surface area contributed by atoms with Crippen molar-refractivity contribution in [2.45, 2.75) is 20.4 Å². The number of pyridine rings is 1. The molecule has 0 aliphatic carbocycles. The lowest BCUT2D eigenvalue weighted by Gasteiger charge is -2.28. The number of rotatable bonds is 7. The van der Waals surface area contributed by atoms with Crippen LogP contribution in [0.25, 0.3) is 21.5 Å². The van der Waals surface area contributed by atoms with Gasteiger partial charge in [-0.3, -0.25) is 9.62 Å². The number of anilines is 2. The number of ether oxygens (including phenoxy) is 2. The Labute approximate surface area is 222 Å². The second-order valence-electron chi connectivity index (χ2n) is 8.59. The number of nitrogens with one attached hydrogen (secondary N) is 2. The Hall–Kier alpha value is -2.58. The zero-order chi connectivity index (χ0) is 26.4. The molecule has 2 fully saturated rings. The number of fused-ring (bicyclic) bond motifs is 1. The quantitative estimate of drug-likeness (QED) is 0.454. The second kappa shape index (κ2) is 12.3. The molecule has 11 nitrogen and oxygen atoms in total. The van der Waals surface area contributed by atoms with Crippen LogP contribution in [0.4, 0.5) is 11.6 Å². The molecule has 0 amide bonds. The van der Waals surface area contributed by atoms with Crippen molar-refractivity contribution in [1.82, 2.24) is 25.2 Å². The minimum atomic E-state index is -3.52. The van der Waals surface area contributed by atoms with Crippen LogP contribution >= 0.6 is 11.3 Å². The summed E-state index contributed by atoms with van der Waals surface area (Å²) in [6, 6.07) is 1.72. The smallest absolute Gasteiger partial charge is 0.238 e. The molecule has 2 aliphatic rings. The van der Waals surface area contributed by atoms with Gasteiger partial charge in [0.25, 0.3) is 0 Å². The summed E-state index contributed by atoms with van der Waals surface area (Å²) in [5.74, 6) is 0.840. The average molecular weight is 550 g/mol. The van der Waals surface area contributed by atoms with Crippen LogP contribution in [0.5, 0.6) is 5.88 Å². The number of hydrogen-bond donors (Lipinski definition) is 2. The van der Waals surface area contributed by atoms with Gasteiger partial charge in [-0.2, -0.15) is 0 Å².